The van der Waals surface area contributed by atoms with Crippen LogP contribution in [0.3, 0.4) is 0 Å². The van der Waals surface area contributed by atoms with Gasteiger partial charge in [-0.05, 0) is 51.3 Å². The van der Waals surface area contributed by atoms with Crippen LogP contribution in [0.25, 0.3) is 0 Å². The maximum Gasteiger partial charge on any atom is 0.335 e. The van der Waals surface area contributed by atoms with Crippen molar-refractivity contribution in [1.82, 2.24) is 5.43 Å². The number of nitrogens with zero attached hydrogens (tertiary/aromatic N) is 2. The molecule has 0 fully saturated rings. The van der Waals surface area contributed by atoms with Crippen molar-refractivity contribution < 1.29 is 24.2 Å². The highest BCUT2D eigenvalue weighted by atomic mass is 79.9. The van der Waals surface area contributed by atoms with E-state index in [2.05, 4.69) is 26.5 Å². The molecule has 2 rings (SSSR count). The van der Waals surface area contributed by atoms with Gasteiger partial charge in [0.2, 0.25) is 0 Å². The molecule has 144 valence electrons. The fourth-order valence-corrected chi connectivity index (χ4v) is 2.72. The summed E-state index contributed by atoms with van der Waals surface area (Å²) in [7, 11) is 1.49. The molecule has 0 aromatic heterocycles. The lowest BCUT2D eigenvalue weighted by molar-refractivity contribution is -0.120. The molecule has 0 aliphatic heterocycles. The molecule has 0 saturated heterocycles. The first kappa shape index (κ1) is 20.9. The van der Waals surface area contributed by atoms with Gasteiger partial charge in [-0.15, -0.1) is 0 Å². The monoisotopic (exact) mass is 445 g/mol. The lowest BCUT2D eigenvalue weighted by Crippen LogP contribution is -2.16. The Bertz CT molecular complexity index is 936. The second-order valence-electron chi connectivity index (χ2n) is 5.45. The van der Waals surface area contributed by atoms with E-state index in [1.807, 2.05) is 0 Å². The van der Waals surface area contributed by atoms with Crippen molar-refractivity contribution in [3.63, 3.8) is 0 Å². The highest BCUT2D eigenvalue weighted by Gasteiger charge is 2.12. The van der Waals surface area contributed by atoms with Crippen molar-refractivity contribution in [3.8, 4) is 17.6 Å². The molecular weight excluding hydrogens is 430 g/mol. The van der Waals surface area contributed by atoms with E-state index in [1.54, 1.807) is 30.3 Å². The molecule has 2 aromatic rings. The summed E-state index contributed by atoms with van der Waals surface area (Å²) in [4.78, 5) is 22.1. The number of hydrazone groups is 1. The van der Waals surface area contributed by atoms with Gasteiger partial charge in [0, 0.05) is 0 Å². The number of rotatable bonds is 8. The molecule has 28 heavy (non-hydrogen) atoms. The topological polar surface area (TPSA) is 121 Å². The van der Waals surface area contributed by atoms with E-state index in [0.717, 1.165) is 5.56 Å². The normalized spacial score (nSPS) is 10.3. The molecule has 0 bridgehead atoms. The molecule has 9 heteroatoms. The van der Waals surface area contributed by atoms with Gasteiger partial charge in [-0.25, -0.2) is 10.2 Å². The zero-order valence-electron chi connectivity index (χ0n) is 14.8. The van der Waals surface area contributed by atoms with Crippen LogP contribution in [0, 0.1) is 11.3 Å². The summed E-state index contributed by atoms with van der Waals surface area (Å²) in [6.45, 7) is 0.215. The number of carboxylic acid groups (broad SMARTS) is 1. The minimum atomic E-state index is -0.988. The number of amides is 1. The van der Waals surface area contributed by atoms with Gasteiger partial charge < -0.3 is 14.6 Å². The lowest BCUT2D eigenvalue weighted by Gasteiger charge is -2.13. The highest BCUT2D eigenvalue weighted by molar-refractivity contribution is 9.10. The molecule has 8 nitrogen and oxygen atoms in total. The number of halogens is 1. The van der Waals surface area contributed by atoms with E-state index in [1.165, 1.54) is 25.5 Å². The second kappa shape index (κ2) is 10.1. The fraction of sp³-hybridized carbons (Fsp3) is 0.158. The van der Waals surface area contributed by atoms with Crippen LogP contribution in [0.4, 0.5) is 0 Å². The highest BCUT2D eigenvalue weighted by Crippen LogP contribution is 2.36. The third-order valence-corrected chi connectivity index (χ3v) is 4.07. The minimum Gasteiger partial charge on any atom is -0.493 e. The first-order chi connectivity index (χ1) is 13.4. The predicted octanol–water partition coefficient (Wildman–Crippen LogP) is 3.10. The number of aromatic carboxylic acids is 1. The van der Waals surface area contributed by atoms with Crippen LogP contribution >= 0.6 is 15.9 Å². The number of hydrogen-bond acceptors (Lipinski definition) is 6. The van der Waals surface area contributed by atoms with Gasteiger partial charge in [0.1, 0.15) is 13.0 Å². The maximum atomic E-state index is 11.2. The Labute approximate surface area is 169 Å². The van der Waals surface area contributed by atoms with Crippen LogP contribution in [0.2, 0.25) is 0 Å². The van der Waals surface area contributed by atoms with Gasteiger partial charge in [0.15, 0.2) is 11.5 Å². The quantitative estimate of drug-likeness (QED) is 0.475. The fourth-order valence-electron chi connectivity index (χ4n) is 2.14. The van der Waals surface area contributed by atoms with Crippen molar-refractivity contribution in [3.05, 3.63) is 57.6 Å². The molecule has 0 heterocycles. The number of carbonyl (C=O) groups excluding carboxylic acids is 1. The number of nitrogens with one attached hydrogen (secondary N) is 1. The van der Waals surface area contributed by atoms with Crippen LogP contribution in [0.5, 0.6) is 11.5 Å². The molecule has 0 radical (unpaired) electrons. The molecule has 0 aliphatic carbocycles. The zero-order chi connectivity index (χ0) is 20.5. The van der Waals surface area contributed by atoms with Gasteiger partial charge in [0.25, 0.3) is 5.91 Å². The van der Waals surface area contributed by atoms with E-state index in [4.69, 9.17) is 19.8 Å². The summed E-state index contributed by atoms with van der Waals surface area (Å²) in [6.07, 6.45) is 1.14. The number of carboxylic acids is 1. The third-order valence-electron chi connectivity index (χ3n) is 3.48. The average Bonchev–Trinajstić information content (AvgIpc) is 2.67. The molecule has 0 spiro atoms. The number of hydrogen-bond donors (Lipinski definition) is 2. The number of ether oxygens (including phenoxy) is 2. The average molecular weight is 446 g/mol. The maximum absolute atomic E-state index is 11.2. The Morgan fingerprint density at radius 2 is 2.04 bits per heavy atom. The third kappa shape index (κ3) is 5.82. The van der Waals surface area contributed by atoms with Crippen LogP contribution in [-0.2, 0) is 11.4 Å². The zero-order valence-corrected chi connectivity index (χ0v) is 16.4. The summed E-state index contributed by atoms with van der Waals surface area (Å²) in [6, 6.07) is 11.5. The van der Waals surface area contributed by atoms with E-state index < -0.39 is 11.9 Å². The summed E-state index contributed by atoms with van der Waals surface area (Å²) in [5.41, 5.74) is 3.88. The van der Waals surface area contributed by atoms with Crippen molar-refractivity contribution in [1.29, 1.82) is 5.26 Å². The molecular formula is C19H16BrN3O5. The van der Waals surface area contributed by atoms with E-state index in [9.17, 15) is 9.59 Å². The number of carbonyl (C=O) groups is 2. The Hall–Kier alpha value is -3.38. The number of benzene rings is 2. The molecule has 2 N–H and O–H groups in total. The number of nitriles is 1. The smallest absolute Gasteiger partial charge is 0.335 e. The summed E-state index contributed by atoms with van der Waals surface area (Å²) >= 11 is 3.41. The largest absolute Gasteiger partial charge is 0.493 e. The Kier molecular flexibility index (Phi) is 7.54. The van der Waals surface area contributed by atoms with E-state index >= 15 is 0 Å². The van der Waals surface area contributed by atoms with Crippen LogP contribution in [0.15, 0.2) is 46.0 Å². The standard InChI is InChI=1S/C19H16BrN3O5/c1-27-16-9-13(10-22-23-17(24)6-7-21)8-15(20)18(16)28-11-12-2-4-14(5-3-12)19(25)26/h2-5,8-10H,6,11H2,1H3,(H,23,24)(H,25,26)/b22-10-. The summed E-state index contributed by atoms with van der Waals surface area (Å²) < 4.78 is 11.8. The van der Waals surface area contributed by atoms with E-state index in [0.29, 0.717) is 21.5 Å². The summed E-state index contributed by atoms with van der Waals surface area (Å²) in [5.74, 6) is -0.576. The minimum absolute atomic E-state index is 0.202. The predicted molar refractivity (Wildman–Crippen MR) is 104 cm³/mol. The molecule has 0 saturated carbocycles. The van der Waals surface area contributed by atoms with Gasteiger partial charge in [0.05, 0.1) is 29.4 Å². The van der Waals surface area contributed by atoms with Crippen molar-refractivity contribution in [2.45, 2.75) is 13.0 Å². The van der Waals surface area contributed by atoms with Crippen LogP contribution < -0.4 is 14.9 Å². The van der Waals surface area contributed by atoms with Crippen molar-refractivity contribution in [2.75, 3.05) is 7.11 Å². The Morgan fingerprint density at radius 1 is 1.32 bits per heavy atom. The number of methoxy groups -OCH3 is 1. The molecule has 0 unspecified atom stereocenters. The van der Waals surface area contributed by atoms with Gasteiger partial charge in [-0.3, -0.25) is 4.79 Å². The summed E-state index contributed by atoms with van der Waals surface area (Å²) in [5, 5.41) is 21.1. The van der Waals surface area contributed by atoms with Gasteiger partial charge in [-0.2, -0.15) is 10.4 Å². The lowest BCUT2D eigenvalue weighted by atomic mass is 10.1. The molecule has 0 atom stereocenters. The second-order valence-corrected chi connectivity index (χ2v) is 6.31. The van der Waals surface area contributed by atoms with Gasteiger partial charge in [-0.1, -0.05) is 12.1 Å². The van der Waals surface area contributed by atoms with E-state index in [-0.39, 0.29) is 18.6 Å². The SMILES string of the molecule is COc1cc(/C=N\NC(=O)CC#N)cc(Br)c1OCc1ccc(C(=O)O)cc1. The molecule has 2 aromatic carbocycles. The molecule has 0 aliphatic rings. The van der Waals surface area contributed by atoms with Crippen LogP contribution in [0.1, 0.15) is 27.9 Å². The Balaban J connectivity index is 2.10. The van der Waals surface area contributed by atoms with Crippen molar-refractivity contribution in [2.24, 2.45) is 5.10 Å². The first-order valence-corrected chi connectivity index (χ1v) is 8.75. The van der Waals surface area contributed by atoms with Crippen molar-refractivity contribution >= 4 is 34.0 Å². The molecule has 1 amide bonds. The first-order valence-electron chi connectivity index (χ1n) is 7.96. The Morgan fingerprint density at radius 3 is 2.64 bits per heavy atom. The van der Waals surface area contributed by atoms with Gasteiger partial charge >= 0.3 is 5.97 Å². The van der Waals surface area contributed by atoms with Crippen LogP contribution in [-0.4, -0.2) is 30.3 Å².